The number of likely N-dealkylation sites (N-methyl/N-ethyl adjacent to an activating group) is 1. The maximum atomic E-state index is 11.4. The fourth-order valence-electron chi connectivity index (χ4n) is 2.74. The Bertz CT molecular complexity index is 487. The highest BCUT2D eigenvalue weighted by Crippen LogP contribution is 2.50. The van der Waals surface area contributed by atoms with Gasteiger partial charge < -0.3 is 14.7 Å². The van der Waals surface area contributed by atoms with Crippen LogP contribution in [0.15, 0.2) is 6.20 Å². The van der Waals surface area contributed by atoms with Crippen molar-refractivity contribution in [2.24, 2.45) is 5.41 Å². The molecule has 6 heteroatoms. The van der Waals surface area contributed by atoms with E-state index >= 15 is 0 Å². The molecule has 2 heterocycles. The molecule has 1 N–H and O–H groups in total. The van der Waals surface area contributed by atoms with Crippen LogP contribution in [0.1, 0.15) is 26.0 Å². The highest BCUT2D eigenvalue weighted by Gasteiger charge is 2.50. The van der Waals surface area contributed by atoms with Crippen molar-refractivity contribution in [2.45, 2.75) is 32.4 Å². The monoisotopic (exact) mass is 313 g/mol. The molecule has 0 spiro atoms. The molecular weight excluding hydrogens is 286 g/mol. The molecule has 1 aliphatic heterocycles. The number of methoxy groups -OCH3 is 1. The molecule has 1 aromatic heterocycles. The van der Waals surface area contributed by atoms with Gasteiger partial charge in [-0.05, 0) is 26.3 Å². The SMILES string of the molecule is COc1cnn(CCN(C)C)c1C1(O)CSCCC1(C)C. The summed E-state index contributed by atoms with van der Waals surface area (Å²) in [6, 6.07) is 0. The summed E-state index contributed by atoms with van der Waals surface area (Å²) in [5.41, 5.74) is -0.282. The molecule has 0 saturated carbocycles. The van der Waals surface area contributed by atoms with Gasteiger partial charge in [0.2, 0.25) is 0 Å². The largest absolute Gasteiger partial charge is 0.493 e. The molecule has 5 nitrogen and oxygen atoms in total. The molecule has 1 aliphatic rings. The van der Waals surface area contributed by atoms with Crippen LogP contribution in [0.4, 0.5) is 0 Å². The summed E-state index contributed by atoms with van der Waals surface area (Å²) >= 11 is 1.80. The van der Waals surface area contributed by atoms with Gasteiger partial charge in [-0.25, -0.2) is 0 Å². The van der Waals surface area contributed by atoms with Crippen LogP contribution in [-0.4, -0.2) is 59.0 Å². The number of nitrogens with zero attached hydrogens (tertiary/aromatic N) is 3. The molecule has 21 heavy (non-hydrogen) atoms. The first kappa shape index (κ1) is 16.6. The lowest BCUT2D eigenvalue weighted by atomic mass is 9.71. The maximum absolute atomic E-state index is 11.4. The van der Waals surface area contributed by atoms with Crippen molar-refractivity contribution in [1.29, 1.82) is 0 Å². The molecule has 0 amide bonds. The van der Waals surface area contributed by atoms with Crippen LogP contribution >= 0.6 is 11.8 Å². The van der Waals surface area contributed by atoms with Crippen molar-refractivity contribution in [1.82, 2.24) is 14.7 Å². The first-order chi connectivity index (χ1) is 9.82. The molecule has 0 bridgehead atoms. The second-order valence-corrected chi connectivity index (χ2v) is 7.74. The van der Waals surface area contributed by atoms with Crippen molar-refractivity contribution in [3.05, 3.63) is 11.9 Å². The predicted octanol–water partition coefficient (Wildman–Crippen LogP) is 1.80. The molecule has 0 radical (unpaired) electrons. The van der Waals surface area contributed by atoms with Gasteiger partial charge in [-0.1, -0.05) is 13.8 Å². The third-order valence-corrected chi connectivity index (χ3v) is 5.59. The third kappa shape index (κ3) is 3.07. The lowest BCUT2D eigenvalue weighted by molar-refractivity contribution is -0.0662. The highest BCUT2D eigenvalue weighted by molar-refractivity contribution is 7.99. The first-order valence-electron chi connectivity index (χ1n) is 7.37. The number of hydrogen-bond acceptors (Lipinski definition) is 5. The lowest BCUT2D eigenvalue weighted by Crippen LogP contribution is -2.49. The molecule has 1 unspecified atom stereocenters. The van der Waals surface area contributed by atoms with Gasteiger partial charge in [-0.2, -0.15) is 16.9 Å². The number of thioether (sulfide) groups is 1. The molecule has 2 rings (SSSR count). The van der Waals surface area contributed by atoms with Crippen molar-refractivity contribution < 1.29 is 9.84 Å². The standard InChI is InChI=1S/C15H27N3O2S/c1-14(2)6-9-21-11-15(14,19)13-12(20-5)10-16-18(13)8-7-17(3)4/h10,19H,6-9,11H2,1-5H3. The molecule has 1 atom stereocenters. The van der Waals surface area contributed by atoms with Gasteiger partial charge in [-0.15, -0.1) is 0 Å². The fraction of sp³-hybridized carbons (Fsp3) is 0.800. The Balaban J connectivity index is 2.42. The van der Waals surface area contributed by atoms with E-state index in [0.717, 1.165) is 31.0 Å². The van der Waals surface area contributed by atoms with Crippen LogP contribution in [0.5, 0.6) is 5.75 Å². The van der Waals surface area contributed by atoms with Gasteiger partial charge in [0.25, 0.3) is 0 Å². The van der Waals surface area contributed by atoms with E-state index in [9.17, 15) is 5.11 Å². The van der Waals surface area contributed by atoms with E-state index in [1.807, 2.05) is 18.8 Å². The quantitative estimate of drug-likeness (QED) is 0.898. The minimum absolute atomic E-state index is 0.193. The van der Waals surface area contributed by atoms with E-state index in [1.54, 1.807) is 25.1 Å². The van der Waals surface area contributed by atoms with E-state index in [0.29, 0.717) is 11.5 Å². The van der Waals surface area contributed by atoms with Gasteiger partial charge in [0.1, 0.15) is 11.3 Å². The molecule has 1 saturated heterocycles. The van der Waals surface area contributed by atoms with Crippen molar-refractivity contribution in [2.75, 3.05) is 39.3 Å². The number of hydrogen-bond donors (Lipinski definition) is 1. The summed E-state index contributed by atoms with van der Waals surface area (Å²) in [6.07, 6.45) is 2.70. The van der Waals surface area contributed by atoms with Crippen molar-refractivity contribution in [3.63, 3.8) is 0 Å². The van der Waals surface area contributed by atoms with E-state index in [2.05, 4.69) is 23.8 Å². The summed E-state index contributed by atoms with van der Waals surface area (Å²) in [5, 5.41) is 15.9. The van der Waals surface area contributed by atoms with Gasteiger partial charge in [0, 0.05) is 17.7 Å². The van der Waals surface area contributed by atoms with Gasteiger partial charge >= 0.3 is 0 Å². The Morgan fingerprint density at radius 1 is 1.48 bits per heavy atom. The molecule has 1 aromatic rings. The minimum Gasteiger partial charge on any atom is -0.493 e. The van der Waals surface area contributed by atoms with Crippen LogP contribution in [-0.2, 0) is 12.1 Å². The fourth-order valence-corrected chi connectivity index (χ4v) is 4.36. The number of rotatable bonds is 5. The average Bonchev–Trinajstić information content (AvgIpc) is 2.83. The Kier molecular flexibility index (Phi) is 4.90. The summed E-state index contributed by atoms with van der Waals surface area (Å²) in [4.78, 5) is 2.11. The van der Waals surface area contributed by atoms with Crippen LogP contribution in [0.3, 0.4) is 0 Å². The molecular formula is C15H27N3O2S. The number of aliphatic hydroxyl groups is 1. The van der Waals surface area contributed by atoms with Gasteiger partial charge in [0.05, 0.1) is 19.9 Å². The summed E-state index contributed by atoms with van der Waals surface area (Å²) < 4.78 is 7.39. The van der Waals surface area contributed by atoms with Crippen molar-refractivity contribution >= 4 is 11.8 Å². The highest BCUT2D eigenvalue weighted by atomic mass is 32.2. The molecule has 0 aliphatic carbocycles. The summed E-state index contributed by atoms with van der Waals surface area (Å²) in [7, 11) is 5.72. The molecule has 0 aromatic carbocycles. The van der Waals surface area contributed by atoms with Crippen LogP contribution < -0.4 is 4.74 Å². The topological polar surface area (TPSA) is 50.5 Å². The zero-order chi connectivity index (χ0) is 15.7. The first-order valence-corrected chi connectivity index (χ1v) is 8.52. The van der Waals surface area contributed by atoms with Crippen molar-refractivity contribution in [3.8, 4) is 5.75 Å². The van der Waals surface area contributed by atoms with Gasteiger partial charge in [-0.3, -0.25) is 4.68 Å². The van der Waals surface area contributed by atoms with Crippen LogP contribution in [0.25, 0.3) is 0 Å². The van der Waals surface area contributed by atoms with E-state index in [-0.39, 0.29) is 5.41 Å². The van der Waals surface area contributed by atoms with E-state index in [4.69, 9.17) is 4.74 Å². The summed E-state index contributed by atoms with van der Waals surface area (Å²) in [5.74, 6) is 2.46. The third-order valence-electron chi connectivity index (χ3n) is 4.48. The van der Waals surface area contributed by atoms with Crippen LogP contribution in [0.2, 0.25) is 0 Å². The van der Waals surface area contributed by atoms with E-state index in [1.165, 1.54) is 0 Å². The lowest BCUT2D eigenvalue weighted by Gasteiger charge is -2.46. The Morgan fingerprint density at radius 3 is 2.76 bits per heavy atom. The Morgan fingerprint density at radius 2 is 2.19 bits per heavy atom. The molecule has 1 fully saturated rings. The zero-order valence-electron chi connectivity index (χ0n) is 13.7. The van der Waals surface area contributed by atoms with Gasteiger partial charge in [0.15, 0.2) is 5.75 Å². The van der Waals surface area contributed by atoms with Crippen LogP contribution in [0, 0.1) is 5.41 Å². The summed E-state index contributed by atoms with van der Waals surface area (Å²) in [6.45, 7) is 5.89. The normalized spacial score (nSPS) is 25.3. The zero-order valence-corrected chi connectivity index (χ0v) is 14.5. The number of aromatic nitrogens is 2. The predicted molar refractivity (Wildman–Crippen MR) is 87.0 cm³/mol. The number of ether oxygens (including phenoxy) is 1. The van der Waals surface area contributed by atoms with E-state index < -0.39 is 5.60 Å². The second-order valence-electron chi connectivity index (χ2n) is 6.63. The molecule has 120 valence electrons. The smallest absolute Gasteiger partial charge is 0.162 e. The average molecular weight is 313 g/mol. The minimum atomic E-state index is -0.913. The maximum Gasteiger partial charge on any atom is 0.162 e. The Hall–Kier alpha value is -0.720. The Labute approximate surface area is 131 Å². The second kappa shape index (κ2) is 6.18.